The topological polar surface area (TPSA) is 55.1 Å². The van der Waals surface area contributed by atoms with Crippen molar-refractivity contribution in [2.75, 3.05) is 0 Å². The molecule has 1 aromatic heterocycles. The average molecular weight is 259 g/mol. The smallest absolute Gasteiger partial charge is 0.357 e. The molecular formula is C9H11BrN2O2. The van der Waals surface area contributed by atoms with Gasteiger partial charge in [-0.2, -0.15) is 0 Å². The molecule has 0 aromatic carbocycles. The largest absolute Gasteiger partial charge is 0.476 e. The molecule has 1 N–H and O–H groups in total. The van der Waals surface area contributed by atoms with Gasteiger partial charge >= 0.3 is 5.97 Å². The number of halogens is 1. The van der Waals surface area contributed by atoms with Crippen molar-refractivity contribution in [1.29, 1.82) is 0 Å². The van der Waals surface area contributed by atoms with Gasteiger partial charge in [0.1, 0.15) is 10.4 Å². The standard InChI is InChI=1S/C9H11BrN2O2/c1-5-2-3-6-11-7(9(13)14)8(10)12(6)4-5/h5H,2-4H2,1H3,(H,13,14). The van der Waals surface area contributed by atoms with E-state index >= 15 is 0 Å². The maximum absolute atomic E-state index is 10.8. The molecule has 1 aromatic rings. The third-order valence-electron chi connectivity index (χ3n) is 2.54. The number of carboxylic acid groups (broad SMARTS) is 1. The fourth-order valence-electron chi connectivity index (χ4n) is 1.77. The molecule has 0 bridgehead atoms. The maximum atomic E-state index is 10.8. The van der Waals surface area contributed by atoms with Crippen LogP contribution in [0.15, 0.2) is 4.60 Å². The molecule has 1 aliphatic rings. The number of hydrogen-bond acceptors (Lipinski definition) is 2. The van der Waals surface area contributed by atoms with Gasteiger partial charge in [0.15, 0.2) is 5.69 Å². The first-order valence-corrected chi connectivity index (χ1v) is 5.37. The van der Waals surface area contributed by atoms with Crippen LogP contribution >= 0.6 is 15.9 Å². The lowest BCUT2D eigenvalue weighted by atomic mass is 10.0. The molecule has 4 nitrogen and oxygen atoms in total. The van der Waals surface area contributed by atoms with E-state index in [4.69, 9.17) is 5.11 Å². The van der Waals surface area contributed by atoms with Gasteiger partial charge in [-0.3, -0.25) is 0 Å². The molecule has 1 aliphatic heterocycles. The van der Waals surface area contributed by atoms with E-state index in [0.29, 0.717) is 10.5 Å². The van der Waals surface area contributed by atoms with Crippen LogP contribution in [-0.2, 0) is 13.0 Å². The Morgan fingerprint density at radius 1 is 1.71 bits per heavy atom. The zero-order valence-electron chi connectivity index (χ0n) is 7.83. The Bertz CT molecular complexity index is 386. The van der Waals surface area contributed by atoms with Crippen LogP contribution in [0.2, 0.25) is 0 Å². The van der Waals surface area contributed by atoms with Crippen molar-refractivity contribution in [2.45, 2.75) is 26.3 Å². The van der Waals surface area contributed by atoms with Crippen LogP contribution in [0.5, 0.6) is 0 Å². The molecule has 14 heavy (non-hydrogen) atoms. The Hall–Kier alpha value is -0.840. The van der Waals surface area contributed by atoms with Crippen LogP contribution < -0.4 is 0 Å². The Kier molecular flexibility index (Phi) is 2.34. The van der Waals surface area contributed by atoms with Crippen molar-refractivity contribution >= 4 is 21.9 Å². The summed E-state index contributed by atoms with van der Waals surface area (Å²) in [6.07, 6.45) is 1.95. The Labute approximate surface area is 90.1 Å². The third kappa shape index (κ3) is 1.45. The second-order valence-corrected chi connectivity index (χ2v) is 4.48. The molecule has 0 fully saturated rings. The number of hydrogen-bond donors (Lipinski definition) is 1. The van der Waals surface area contributed by atoms with Crippen molar-refractivity contribution in [1.82, 2.24) is 9.55 Å². The predicted molar refractivity (Wildman–Crippen MR) is 54.4 cm³/mol. The number of nitrogens with zero attached hydrogens (tertiary/aromatic N) is 2. The first-order chi connectivity index (χ1) is 6.59. The zero-order valence-corrected chi connectivity index (χ0v) is 9.41. The molecule has 2 rings (SSSR count). The summed E-state index contributed by atoms with van der Waals surface area (Å²) >= 11 is 3.28. The molecule has 0 amide bonds. The van der Waals surface area contributed by atoms with Crippen molar-refractivity contribution in [3.8, 4) is 0 Å². The van der Waals surface area contributed by atoms with Gasteiger partial charge in [0.25, 0.3) is 0 Å². The van der Waals surface area contributed by atoms with Gasteiger partial charge in [-0.05, 0) is 28.3 Å². The normalized spacial score (nSPS) is 20.6. The monoisotopic (exact) mass is 258 g/mol. The van der Waals surface area contributed by atoms with Gasteiger partial charge in [-0.15, -0.1) is 0 Å². The van der Waals surface area contributed by atoms with Crippen molar-refractivity contribution in [3.05, 3.63) is 16.1 Å². The zero-order chi connectivity index (χ0) is 10.3. The number of aromatic carboxylic acids is 1. The van der Waals surface area contributed by atoms with Crippen LogP contribution in [0.1, 0.15) is 29.7 Å². The lowest BCUT2D eigenvalue weighted by Crippen LogP contribution is -2.18. The van der Waals surface area contributed by atoms with Crippen LogP contribution in [0.25, 0.3) is 0 Å². The maximum Gasteiger partial charge on any atom is 0.357 e. The number of carbonyl (C=O) groups is 1. The molecule has 2 heterocycles. The quantitative estimate of drug-likeness (QED) is 0.838. The summed E-state index contributed by atoms with van der Waals surface area (Å²) in [5.74, 6) is 0.508. The van der Waals surface area contributed by atoms with Gasteiger partial charge in [0.05, 0.1) is 0 Å². The van der Waals surface area contributed by atoms with Crippen LogP contribution in [0.4, 0.5) is 0 Å². The summed E-state index contributed by atoms with van der Waals surface area (Å²) in [7, 11) is 0. The number of aryl methyl sites for hydroxylation is 1. The van der Waals surface area contributed by atoms with Crippen LogP contribution in [0, 0.1) is 5.92 Å². The lowest BCUT2D eigenvalue weighted by molar-refractivity contribution is 0.0689. The Morgan fingerprint density at radius 3 is 3.07 bits per heavy atom. The average Bonchev–Trinajstić information content (AvgIpc) is 2.44. The molecule has 0 radical (unpaired) electrons. The molecule has 1 atom stereocenters. The van der Waals surface area contributed by atoms with Crippen LogP contribution in [-0.4, -0.2) is 20.6 Å². The van der Waals surface area contributed by atoms with E-state index in [1.165, 1.54) is 0 Å². The summed E-state index contributed by atoms with van der Waals surface area (Å²) in [6, 6.07) is 0. The molecule has 76 valence electrons. The second kappa shape index (κ2) is 3.38. The number of fused-ring (bicyclic) bond motifs is 1. The van der Waals surface area contributed by atoms with Crippen LogP contribution in [0.3, 0.4) is 0 Å². The van der Waals surface area contributed by atoms with Gasteiger partial charge in [0, 0.05) is 13.0 Å². The molecular weight excluding hydrogens is 248 g/mol. The molecule has 0 saturated heterocycles. The predicted octanol–water partition coefficient (Wildman–Crippen LogP) is 1.93. The SMILES string of the molecule is CC1CCc2nc(C(=O)O)c(Br)n2C1. The Morgan fingerprint density at radius 2 is 2.43 bits per heavy atom. The van der Waals surface area contributed by atoms with Crippen molar-refractivity contribution in [3.63, 3.8) is 0 Å². The second-order valence-electron chi connectivity index (χ2n) is 3.73. The van der Waals surface area contributed by atoms with E-state index in [9.17, 15) is 4.79 Å². The highest BCUT2D eigenvalue weighted by molar-refractivity contribution is 9.10. The first-order valence-electron chi connectivity index (χ1n) is 4.57. The summed E-state index contributed by atoms with van der Waals surface area (Å²) in [4.78, 5) is 14.9. The lowest BCUT2D eigenvalue weighted by Gasteiger charge is -2.20. The fourth-order valence-corrected chi connectivity index (χ4v) is 2.38. The number of rotatable bonds is 1. The highest BCUT2D eigenvalue weighted by Crippen LogP contribution is 2.26. The van der Waals surface area contributed by atoms with E-state index in [0.717, 1.165) is 25.2 Å². The van der Waals surface area contributed by atoms with Gasteiger partial charge in [-0.1, -0.05) is 6.92 Å². The summed E-state index contributed by atoms with van der Waals surface area (Å²) < 4.78 is 2.56. The molecule has 1 unspecified atom stereocenters. The fraction of sp³-hybridized carbons (Fsp3) is 0.556. The Balaban J connectivity index is 2.46. The summed E-state index contributed by atoms with van der Waals surface area (Å²) in [5.41, 5.74) is 0.133. The number of imidazole rings is 1. The van der Waals surface area contributed by atoms with Crippen molar-refractivity contribution in [2.24, 2.45) is 5.92 Å². The number of aromatic nitrogens is 2. The van der Waals surface area contributed by atoms with Gasteiger partial charge in [0.2, 0.25) is 0 Å². The van der Waals surface area contributed by atoms with Gasteiger partial charge < -0.3 is 9.67 Å². The highest BCUT2D eigenvalue weighted by atomic mass is 79.9. The highest BCUT2D eigenvalue weighted by Gasteiger charge is 2.24. The van der Waals surface area contributed by atoms with Gasteiger partial charge in [-0.25, -0.2) is 9.78 Å². The first kappa shape index (κ1) is 9.71. The minimum atomic E-state index is -0.966. The molecule has 0 aliphatic carbocycles. The molecule has 0 saturated carbocycles. The van der Waals surface area contributed by atoms with E-state index < -0.39 is 5.97 Å². The molecule has 5 heteroatoms. The van der Waals surface area contributed by atoms with E-state index in [1.54, 1.807) is 0 Å². The summed E-state index contributed by atoms with van der Waals surface area (Å²) in [6.45, 7) is 3.02. The van der Waals surface area contributed by atoms with Crippen molar-refractivity contribution < 1.29 is 9.90 Å². The molecule has 0 spiro atoms. The summed E-state index contributed by atoms with van der Waals surface area (Å²) in [5, 5.41) is 8.87. The number of carboxylic acids is 1. The van der Waals surface area contributed by atoms with E-state index in [1.807, 2.05) is 4.57 Å². The van der Waals surface area contributed by atoms with E-state index in [-0.39, 0.29) is 5.69 Å². The minimum Gasteiger partial charge on any atom is -0.476 e. The minimum absolute atomic E-state index is 0.133. The third-order valence-corrected chi connectivity index (χ3v) is 3.35. The van der Waals surface area contributed by atoms with E-state index in [2.05, 4.69) is 27.8 Å².